The van der Waals surface area contributed by atoms with Gasteiger partial charge in [0.1, 0.15) is 5.78 Å². The van der Waals surface area contributed by atoms with E-state index in [-0.39, 0.29) is 5.79 Å². The number of fused-ring (bicyclic) bond motifs is 4. The molecule has 1 aliphatic heterocycles. The molecule has 1 saturated heterocycles. The molecule has 0 radical (unpaired) electrons. The van der Waals surface area contributed by atoms with Crippen LogP contribution >= 0.6 is 0 Å². The molecule has 0 amide bonds. The van der Waals surface area contributed by atoms with Crippen molar-refractivity contribution in [2.24, 2.45) is 47.3 Å². The first-order chi connectivity index (χ1) is 7.84. The quantitative estimate of drug-likeness (QED) is 0.600. The van der Waals surface area contributed by atoms with Crippen LogP contribution in [-0.2, 0) is 14.3 Å². The number of hydrogen-bond donors (Lipinski definition) is 0. The molecule has 0 unspecified atom stereocenters. The highest BCUT2D eigenvalue weighted by Crippen LogP contribution is 2.85. The SMILES string of the molecule is O=C1[C@@H]2[C@H]3[C@@H]4C[C@H]5[C@H]3[C@H]2C2(OCCO2)[C@H]5[C@@H]14. The maximum absolute atomic E-state index is 12.3. The second kappa shape index (κ2) is 1.91. The van der Waals surface area contributed by atoms with Crippen LogP contribution in [0.1, 0.15) is 6.42 Å². The van der Waals surface area contributed by atoms with Gasteiger partial charge in [0.25, 0.3) is 0 Å². The van der Waals surface area contributed by atoms with Crippen LogP contribution in [0.2, 0.25) is 0 Å². The number of ketones is 1. The Morgan fingerprint density at radius 3 is 2.62 bits per heavy atom. The average molecular weight is 218 g/mol. The zero-order chi connectivity index (χ0) is 10.2. The Kier molecular flexibility index (Phi) is 0.933. The molecule has 6 fully saturated rings. The number of ether oxygens (including phenoxy) is 2. The minimum Gasteiger partial charge on any atom is -0.347 e. The molecule has 3 heteroatoms. The normalized spacial score (nSPS) is 69.9. The second-order valence-corrected chi connectivity index (χ2v) is 6.64. The standard InChI is InChI=1S/C13H14O3/c14-12-8-4-3-5-7-6(4)9(12)11(7)13(10(5)8)15-1-2-16-13/h4-11H,1-3H2/t4-,5-,6-,7+,8-,9+,10+,11+/m0/s1. The highest BCUT2D eigenvalue weighted by atomic mass is 16.7. The third kappa shape index (κ3) is 0.458. The zero-order valence-electron chi connectivity index (χ0n) is 8.96. The number of carbonyl (C=O) groups is 1. The van der Waals surface area contributed by atoms with Gasteiger partial charge in [0.05, 0.1) is 13.2 Å². The summed E-state index contributed by atoms with van der Waals surface area (Å²) >= 11 is 0. The van der Waals surface area contributed by atoms with Gasteiger partial charge in [0, 0.05) is 23.7 Å². The number of carbonyl (C=O) groups excluding carboxylic acids is 1. The molecule has 5 saturated carbocycles. The molecule has 5 aliphatic carbocycles. The zero-order valence-corrected chi connectivity index (χ0v) is 8.96. The van der Waals surface area contributed by atoms with Crippen molar-refractivity contribution in [3.05, 3.63) is 0 Å². The first-order valence-electron chi connectivity index (χ1n) is 6.66. The van der Waals surface area contributed by atoms with Gasteiger partial charge in [-0.1, -0.05) is 0 Å². The van der Waals surface area contributed by atoms with Gasteiger partial charge in [-0.2, -0.15) is 0 Å². The molecule has 1 spiro atoms. The molecule has 16 heavy (non-hydrogen) atoms. The molecule has 0 N–H and O–H groups in total. The summed E-state index contributed by atoms with van der Waals surface area (Å²) < 4.78 is 12.1. The van der Waals surface area contributed by atoms with E-state index in [1.165, 1.54) is 6.42 Å². The van der Waals surface area contributed by atoms with E-state index in [2.05, 4.69) is 0 Å². The van der Waals surface area contributed by atoms with E-state index in [1.54, 1.807) is 0 Å². The molecule has 0 aromatic rings. The lowest BCUT2D eigenvalue weighted by atomic mass is 9.58. The summed E-state index contributed by atoms with van der Waals surface area (Å²) in [6.45, 7) is 1.49. The Bertz CT molecular complexity index is 438. The minimum absolute atomic E-state index is 0.291. The molecule has 6 rings (SSSR count). The third-order valence-corrected chi connectivity index (χ3v) is 6.83. The maximum Gasteiger partial charge on any atom is 0.176 e. The van der Waals surface area contributed by atoms with E-state index in [0.29, 0.717) is 29.5 Å². The third-order valence-electron chi connectivity index (χ3n) is 6.83. The topological polar surface area (TPSA) is 35.5 Å². The Balaban J connectivity index is 1.66. The number of rotatable bonds is 0. The predicted molar refractivity (Wildman–Crippen MR) is 52.2 cm³/mol. The van der Waals surface area contributed by atoms with Crippen molar-refractivity contribution in [1.82, 2.24) is 0 Å². The van der Waals surface area contributed by atoms with Crippen molar-refractivity contribution in [3.8, 4) is 0 Å². The van der Waals surface area contributed by atoms with E-state index < -0.39 is 0 Å². The van der Waals surface area contributed by atoms with Crippen molar-refractivity contribution in [3.63, 3.8) is 0 Å². The maximum atomic E-state index is 12.3. The lowest BCUT2D eigenvalue weighted by molar-refractivity contribution is -0.252. The van der Waals surface area contributed by atoms with Gasteiger partial charge in [-0.05, 0) is 30.1 Å². The highest BCUT2D eigenvalue weighted by Gasteiger charge is 2.89. The summed E-state index contributed by atoms with van der Waals surface area (Å²) in [4.78, 5) is 12.3. The first kappa shape index (κ1) is 7.83. The molecule has 2 bridgehead atoms. The van der Waals surface area contributed by atoms with Crippen LogP contribution in [0.3, 0.4) is 0 Å². The molecular weight excluding hydrogens is 204 g/mol. The van der Waals surface area contributed by atoms with Gasteiger partial charge in [0.15, 0.2) is 5.79 Å². The van der Waals surface area contributed by atoms with Gasteiger partial charge < -0.3 is 9.47 Å². The van der Waals surface area contributed by atoms with Gasteiger partial charge in [-0.15, -0.1) is 0 Å². The summed E-state index contributed by atoms with van der Waals surface area (Å²) in [6, 6.07) is 0. The van der Waals surface area contributed by atoms with E-state index >= 15 is 0 Å². The van der Waals surface area contributed by atoms with E-state index in [4.69, 9.17) is 9.47 Å². The number of Topliss-reactive ketones (excluding diaryl/α,β-unsaturated/α-hetero) is 1. The number of hydrogen-bond acceptors (Lipinski definition) is 3. The largest absolute Gasteiger partial charge is 0.347 e. The van der Waals surface area contributed by atoms with Crippen molar-refractivity contribution < 1.29 is 14.3 Å². The molecule has 0 aromatic carbocycles. The lowest BCUT2D eigenvalue weighted by Gasteiger charge is -2.49. The van der Waals surface area contributed by atoms with Gasteiger partial charge >= 0.3 is 0 Å². The summed E-state index contributed by atoms with van der Waals surface area (Å²) in [7, 11) is 0. The first-order valence-corrected chi connectivity index (χ1v) is 6.66. The van der Waals surface area contributed by atoms with Crippen LogP contribution in [-0.4, -0.2) is 24.8 Å². The van der Waals surface area contributed by atoms with Crippen LogP contribution in [0.25, 0.3) is 0 Å². The van der Waals surface area contributed by atoms with Gasteiger partial charge in [-0.3, -0.25) is 4.79 Å². The second-order valence-electron chi connectivity index (χ2n) is 6.64. The average Bonchev–Trinajstić information content (AvgIpc) is 2.87. The summed E-state index contributed by atoms with van der Waals surface area (Å²) in [5.41, 5.74) is 0. The van der Waals surface area contributed by atoms with Crippen LogP contribution in [0.5, 0.6) is 0 Å². The van der Waals surface area contributed by atoms with Crippen molar-refractivity contribution in [2.45, 2.75) is 12.2 Å². The van der Waals surface area contributed by atoms with Crippen molar-refractivity contribution in [1.29, 1.82) is 0 Å². The fourth-order valence-electron chi connectivity index (χ4n) is 6.94. The van der Waals surface area contributed by atoms with E-state index in [9.17, 15) is 4.79 Å². The Morgan fingerprint density at radius 1 is 1.00 bits per heavy atom. The minimum atomic E-state index is -0.291. The summed E-state index contributed by atoms with van der Waals surface area (Å²) in [5.74, 6) is 4.88. The lowest BCUT2D eigenvalue weighted by Crippen LogP contribution is -2.58. The molecule has 0 aromatic heterocycles. The molecule has 3 nitrogen and oxygen atoms in total. The Hall–Kier alpha value is -0.410. The molecule has 84 valence electrons. The van der Waals surface area contributed by atoms with Crippen LogP contribution in [0, 0.1) is 47.3 Å². The fourth-order valence-corrected chi connectivity index (χ4v) is 6.94. The smallest absolute Gasteiger partial charge is 0.176 e. The van der Waals surface area contributed by atoms with Crippen LogP contribution in [0.15, 0.2) is 0 Å². The van der Waals surface area contributed by atoms with Crippen molar-refractivity contribution >= 4 is 5.78 Å². The fraction of sp³-hybridized carbons (Fsp3) is 0.923. The monoisotopic (exact) mass is 218 g/mol. The van der Waals surface area contributed by atoms with Gasteiger partial charge in [0.2, 0.25) is 0 Å². The van der Waals surface area contributed by atoms with E-state index in [0.717, 1.165) is 36.9 Å². The van der Waals surface area contributed by atoms with Crippen molar-refractivity contribution in [2.75, 3.05) is 13.2 Å². The molecule has 1 heterocycles. The summed E-state index contributed by atoms with van der Waals surface area (Å²) in [5, 5.41) is 0. The Morgan fingerprint density at radius 2 is 1.81 bits per heavy atom. The molecule has 8 atom stereocenters. The van der Waals surface area contributed by atoms with Crippen LogP contribution in [0.4, 0.5) is 0 Å². The predicted octanol–water partition coefficient (Wildman–Crippen LogP) is 0.686. The molecular formula is C13H14O3. The summed E-state index contributed by atoms with van der Waals surface area (Å²) in [6.07, 6.45) is 1.30. The van der Waals surface area contributed by atoms with E-state index in [1.807, 2.05) is 0 Å². The molecule has 6 aliphatic rings. The van der Waals surface area contributed by atoms with Gasteiger partial charge in [-0.25, -0.2) is 0 Å². The Labute approximate surface area is 93.5 Å². The highest BCUT2D eigenvalue weighted by molar-refractivity contribution is 5.91. The van der Waals surface area contributed by atoms with Crippen LogP contribution < -0.4 is 0 Å².